The van der Waals surface area contributed by atoms with Crippen molar-refractivity contribution in [1.82, 2.24) is 10.2 Å². The molecule has 1 fully saturated rings. The molecule has 7 heteroatoms. The molecule has 4 nitrogen and oxygen atoms in total. The molecule has 1 unspecified atom stereocenters. The summed E-state index contributed by atoms with van der Waals surface area (Å²) in [6.45, 7) is 6.23. The first-order chi connectivity index (χ1) is 10.6. The van der Waals surface area contributed by atoms with Crippen molar-refractivity contribution in [2.45, 2.75) is 19.0 Å². The number of carbonyl (C=O) groups excluding carboxylic acids is 1. The molecule has 1 aliphatic heterocycles. The number of rotatable bonds is 6. The van der Waals surface area contributed by atoms with E-state index in [2.05, 4.69) is 27.8 Å². The van der Waals surface area contributed by atoms with Gasteiger partial charge < -0.3 is 15.0 Å². The summed E-state index contributed by atoms with van der Waals surface area (Å²) in [5.74, 6) is -0.355. The van der Waals surface area contributed by atoms with Crippen LogP contribution in [0.3, 0.4) is 0 Å². The van der Waals surface area contributed by atoms with E-state index < -0.39 is 0 Å². The molecule has 0 saturated carbocycles. The van der Waals surface area contributed by atoms with Gasteiger partial charge in [-0.25, -0.2) is 4.39 Å². The Hall–Kier alpha value is -0.950. The predicted molar refractivity (Wildman–Crippen MR) is 94.2 cm³/mol. The lowest BCUT2D eigenvalue weighted by molar-refractivity contribution is -0.132. The third-order valence-corrected chi connectivity index (χ3v) is 3.98. The maximum atomic E-state index is 13.9. The van der Waals surface area contributed by atoms with Gasteiger partial charge in [0.2, 0.25) is 5.91 Å². The van der Waals surface area contributed by atoms with E-state index >= 15 is 0 Å². The Kier molecular flexibility index (Phi) is 8.76. The van der Waals surface area contributed by atoms with Crippen molar-refractivity contribution in [1.29, 1.82) is 0 Å². The number of ether oxygens (including phenoxy) is 1. The SMILES string of the molecule is C=CCN(Cc1cc(Br)ccc1F)C(=O)CC1COCCN1.Cl. The smallest absolute Gasteiger partial charge is 0.224 e. The number of carbonyl (C=O) groups is 1. The monoisotopic (exact) mass is 406 g/mol. The molecular weight excluding hydrogens is 387 g/mol. The van der Waals surface area contributed by atoms with Crippen LogP contribution in [-0.4, -0.2) is 43.2 Å². The molecule has 1 N–H and O–H groups in total. The van der Waals surface area contributed by atoms with E-state index in [-0.39, 0.29) is 36.7 Å². The second kappa shape index (κ2) is 10.0. The van der Waals surface area contributed by atoms with Gasteiger partial charge in [-0.2, -0.15) is 0 Å². The summed E-state index contributed by atoms with van der Waals surface area (Å²) >= 11 is 3.33. The molecule has 1 aliphatic rings. The third kappa shape index (κ3) is 6.22. The number of benzene rings is 1. The minimum Gasteiger partial charge on any atom is -0.378 e. The minimum atomic E-state index is -0.316. The van der Waals surface area contributed by atoms with Crippen LogP contribution in [0.4, 0.5) is 4.39 Å². The van der Waals surface area contributed by atoms with Crippen LogP contribution in [0, 0.1) is 5.82 Å². The van der Waals surface area contributed by atoms with Crippen molar-refractivity contribution >= 4 is 34.2 Å². The summed E-state index contributed by atoms with van der Waals surface area (Å²) in [6, 6.07) is 4.75. The van der Waals surface area contributed by atoms with Gasteiger partial charge in [-0.1, -0.05) is 22.0 Å². The van der Waals surface area contributed by atoms with E-state index in [0.29, 0.717) is 31.7 Å². The van der Waals surface area contributed by atoms with E-state index in [1.165, 1.54) is 6.07 Å². The highest BCUT2D eigenvalue weighted by Gasteiger charge is 2.21. The number of nitrogens with one attached hydrogen (secondary N) is 1. The molecule has 1 amide bonds. The fourth-order valence-corrected chi connectivity index (χ4v) is 2.78. The minimum absolute atomic E-state index is 0. The van der Waals surface area contributed by atoms with Gasteiger partial charge in [0.25, 0.3) is 0 Å². The number of halogens is 3. The normalized spacial score (nSPS) is 17.2. The number of hydrogen-bond donors (Lipinski definition) is 1. The van der Waals surface area contributed by atoms with Crippen LogP contribution < -0.4 is 5.32 Å². The zero-order valence-corrected chi connectivity index (χ0v) is 15.2. The molecule has 2 rings (SSSR count). The van der Waals surface area contributed by atoms with Crippen LogP contribution in [-0.2, 0) is 16.1 Å². The highest BCUT2D eigenvalue weighted by molar-refractivity contribution is 9.10. The lowest BCUT2D eigenvalue weighted by Crippen LogP contribution is -2.45. The summed E-state index contributed by atoms with van der Waals surface area (Å²) in [6.07, 6.45) is 1.99. The van der Waals surface area contributed by atoms with E-state index in [9.17, 15) is 9.18 Å². The highest BCUT2D eigenvalue weighted by Crippen LogP contribution is 2.18. The molecule has 23 heavy (non-hydrogen) atoms. The first-order valence-corrected chi connectivity index (χ1v) is 8.03. The number of hydrogen-bond acceptors (Lipinski definition) is 3. The fourth-order valence-electron chi connectivity index (χ4n) is 2.37. The third-order valence-electron chi connectivity index (χ3n) is 3.49. The summed E-state index contributed by atoms with van der Waals surface area (Å²) in [4.78, 5) is 14.1. The van der Waals surface area contributed by atoms with Gasteiger partial charge in [-0.3, -0.25) is 4.79 Å². The average molecular weight is 408 g/mol. The Balaban J connectivity index is 0.00000264. The zero-order valence-electron chi connectivity index (χ0n) is 12.8. The van der Waals surface area contributed by atoms with Gasteiger partial charge >= 0.3 is 0 Å². The Labute approximate surface area is 150 Å². The molecular formula is C16H21BrClFN2O2. The molecule has 1 aromatic rings. The van der Waals surface area contributed by atoms with Gasteiger partial charge in [0.05, 0.1) is 13.2 Å². The van der Waals surface area contributed by atoms with Crippen molar-refractivity contribution in [3.8, 4) is 0 Å². The Morgan fingerprint density at radius 1 is 1.57 bits per heavy atom. The number of morpholine rings is 1. The van der Waals surface area contributed by atoms with Crippen molar-refractivity contribution < 1.29 is 13.9 Å². The summed E-state index contributed by atoms with van der Waals surface area (Å²) in [5.41, 5.74) is 0.484. The molecule has 0 bridgehead atoms. The number of nitrogens with zero attached hydrogens (tertiary/aromatic N) is 1. The maximum absolute atomic E-state index is 13.9. The summed E-state index contributed by atoms with van der Waals surface area (Å²) in [7, 11) is 0. The predicted octanol–water partition coefficient (Wildman–Crippen LogP) is 2.90. The van der Waals surface area contributed by atoms with Crippen molar-refractivity contribution in [2.24, 2.45) is 0 Å². The van der Waals surface area contributed by atoms with E-state index in [1.807, 2.05) is 0 Å². The molecule has 1 saturated heterocycles. The first kappa shape index (κ1) is 20.1. The lowest BCUT2D eigenvalue weighted by atomic mass is 10.1. The summed E-state index contributed by atoms with van der Waals surface area (Å²) < 4.78 is 20.0. The average Bonchev–Trinajstić information content (AvgIpc) is 2.51. The largest absolute Gasteiger partial charge is 0.378 e. The second-order valence-electron chi connectivity index (χ2n) is 5.23. The van der Waals surface area contributed by atoms with E-state index in [1.54, 1.807) is 23.1 Å². The molecule has 0 radical (unpaired) electrons. The second-order valence-corrected chi connectivity index (χ2v) is 6.14. The topological polar surface area (TPSA) is 41.6 Å². The van der Waals surface area contributed by atoms with Crippen LogP contribution in [0.15, 0.2) is 35.3 Å². The van der Waals surface area contributed by atoms with Gasteiger partial charge in [0, 0.05) is 42.1 Å². The standard InChI is InChI=1S/C16H20BrFN2O2.ClH/c1-2-6-20(10-12-8-13(17)3-4-15(12)18)16(21)9-14-11-22-7-5-19-14;/h2-4,8,14,19H,1,5-7,9-11H2;1H. The van der Waals surface area contributed by atoms with Crippen molar-refractivity contribution in [3.05, 3.63) is 46.7 Å². The van der Waals surface area contributed by atoms with Gasteiger partial charge in [0.15, 0.2) is 0 Å². The van der Waals surface area contributed by atoms with Crippen LogP contribution in [0.25, 0.3) is 0 Å². The Morgan fingerprint density at radius 2 is 2.35 bits per heavy atom. The van der Waals surface area contributed by atoms with Gasteiger partial charge in [-0.05, 0) is 18.2 Å². The lowest BCUT2D eigenvalue weighted by Gasteiger charge is -2.27. The molecule has 128 valence electrons. The Bertz CT molecular complexity index is 539. The fraction of sp³-hybridized carbons (Fsp3) is 0.438. The molecule has 0 aliphatic carbocycles. The van der Waals surface area contributed by atoms with Gasteiger partial charge in [-0.15, -0.1) is 19.0 Å². The van der Waals surface area contributed by atoms with E-state index in [4.69, 9.17) is 4.74 Å². The van der Waals surface area contributed by atoms with Crippen LogP contribution in [0.2, 0.25) is 0 Å². The molecule has 1 atom stereocenters. The first-order valence-electron chi connectivity index (χ1n) is 7.24. The highest BCUT2D eigenvalue weighted by atomic mass is 79.9. The van der Waals surface area contributed by atoms with E-state index in [0.717, 1.165) is 11.0 Å². The number of amides is 1. The molecule has 0 spiro atoms. The Morgan fingerprint density at radius 3 is 3.00 bits per heavy atom. The molecule has 1 aromatic carbocycles. The van der Waals surface area contributed by atoms with Gasteiger partial charge in [0.1, 0.15) is 5.82 Å². The van der Waals surface area contributed by atoms with Crippen LogP contribution in [0.1, 0.15) is 12.0 Å². The van der Waals surface area contributed by atoms with Crippen molar-refractivity contribution in [3.63, 3.8) is 0 Å². The van der Waals surface area contributed by atoms with Crippen molar-refractivity contribution in [2.75, 3.05) is 26.3 Å². The zero-order chi connectivity index (χ0) is 15.9. The molecule has 0 aromatic heterocycles. The quantitative estimate of drug-likeness (QED) is 0.737. The maximum Gasteiger partial charge on any atom is 0.224 e. The summed E-state index contributed by atoms with van der Waals surface area (Å²) in [5, 5.41) is 3.25. The van der Waals surface area contributed by atoms with Crippen LogP contribution >= 0.6 is 28.3 Å². The van der Waals surface area contributed by atoms with Crippen LogP contribution in [0.5, 0.6) is 0 Å². The molecule has 1 heterocycles.